The number of nitrogens with one attached hydrogen (secondary N) is 1. The van der Waals surface area contributed by atoms with Crippen LogP contribution in [0, 0.1) is 0 Å². The molecule has 1 unspecified atom stereocenters. The van der Waals surface area contributed by atoms with Crippen LogP contribution in [-0.2, 0) is 4.79 Å². The molecule has 0 aliphatic rings. The summed E-state index contributed by atoms with van der Waals surface area (Å²) >= 11 is 0. The lowest BCUT2D eigenvalue weighted by Crippen LogP contribution is -2.27. The first-order valence-corrected chi connectivity index (χ1v) is 7.64. The minimum absolute atomic E-state index is 0.0114. The summed E-state index contributed by atoms with van der Waals surface area (Å²) in [6.07, 6.45) is 3.75. The van der Waals surface area contributed by atoms with E-state index in [1.54, 1.807) is 25.6 Å². The SMILES string of the molecule is COc1cccc(C(C)N(C)CCC(=O)Nc2cccnc2)c1. The maximum atomic E-state index is 12.0. The van der Waals surface area contributed by atoms with Gasteiger partial charge in [-0.2, -0.15) is 0 Å². The molecule has 2 rings (SSSR count). The fourth-order valence-corrected chi connectivity index (χ4v) is 2.29. The minimum Gasteiger partial charge on any atom is -0.497 e. The Balaban J connectivity index is 1.85. The molecule has 5 heteroatoms. The average Bonchev–Trinajstić information content (AvgIpc) is 2.60. The number of rotatable bonds is 7. The summed E-state index contributed by atoms with van der Waals surface area (Å²) < 4.78 is 5.26. The number of carbonyl (C=O) groups is 1. The monoisotopic (exact) mass is 313 g/mol. The number of anilines is 1. The molecule has 1 amide bonds. The molecule has 0 radical (unpaired) electrons. The second kappa shape index (κ2) is 8.29. The van der Waals surface area contributed by atoms with Crippen molar-refractivity contribution in [1.29, 1.82) is 0 Å². The number of benzene rings is 1. The van der Waals surface area contributed by atoms with Crippen LogP contribution in [0.25, 0.3) is 0 Å². The van der Waals surface area contributed by atoms with Gasteiger partial charge in [-0.05, 0) is 43.8 Å². The van der Waals surface area contributed by atoms with Crippen molar-refractivity contribution in [3.8, 4) is 5.75 Å². The van der Waals surface area contributed by atoms with Gasteiger partial charge in [0, 0.05) is 25.2 Å². The smallest absolute Gasteiger partial charge is 0.225 e. The molecule has 122 valence electrons. The Morgan fingerprint density at radius 2 is 2.17 bits per heavy atom. The maximum Gasteiger partial charge on any atom is 0.225 e. The molecular weight excluding hydrogens is 290 g/mol. The summed E-state index contributed by atoms with van der Waals surface area (Å²) in [5.74, 6) is 0.833. The topological polar surface area (TPSA) is 54.5 Å². The maximum absolute atomic E-state index is 12.0. The van der Waals surface area contributed by atoms with E-state index in [9.17, 15) is 4.79 Å². The molecule has 0 saturated carbocycles. The molecule has 1 N–H and O–H groups in total. The van der Waals surface area contributed by atoms with Crippen molar-refractivity contribution in [2.75, 3.05) is 26.0 Å². The van der Waals surface area contributed by atoms with E-state index in [0.29, 0.717) is 13.0 Å². The molecule has 0 bridgehead atoms. The molecule has 1 heterocycles. The van der Waals surface area contributed by atoms with Crippen LogP contribution in [0.15, 0.2) is 48.8 Å². The first-order chi connectivity index (χ1) is 11.1. The summed E-state index contributed by atoms with van der Waals surface area (Å²) in [6, 6.07) is 11.8. The van der Waals surface area contributed by atoms with Gasteiger partial charge in [-0.15, -0.1) is 0 Å². The van der Waals surface area contributed by atoms with Crippen LogP contribution >= 0.6 is 0 Å². The van der Waals surface area contributed by atoms with Gasteiger partial charge in [-0.3, -0.25) is 14.7 Å². The fraction of sp³-hybridized carbons (Fsp3) is 0.333. The van der Waals surface area contributed by atoms with Crippen molar-refractivity contribution in [2.45, 2.75) is 19.4 Å². The van der Waals surface area contributed by atoms with Crippen LogP contribution < -0.4 is 10.1 Å². The highest BCUT2D eigenvalue weighted by Gasteiger charge is 2.13. The number of pyridine rings is 1. The Morgan fingerprint density at radius 1 is 1.35 bits per heavy atom. The molecule has 23 heavy (non-hydrogen) atoms. The molecule has 5 nitrogen and oxygen atoms in total. The summed E-state index contributed by atoms with van der Waals surface area (Å²) in [7, 11) is 3.68. The zero-order valence-electron chi connectivity index (χ0n) is 13.8. The van der Waals surface area contributed by atoms with E-state index in [1.807, 2.05) is 31.3 Å². The lowest BCUT2D eigenvalue weighted by molar-refractivity contribution is -0.116. The molecule has 0 saturated heterocycles. The molecule has 0 fully saturated rings. The van der Waals surface area contributed by atoms with Crippen LogP contribution in [0.2, 0.25) is 0 Å². The molecule has 1 aromatic heterocycles. The van der Waals surface area contributed by atoms with Gasteiger partial charge >= 0.3 is 0 Å². The Bertz CT molecular complexity index is 631. The number of methoxy groups -OCH3 is 1. The van der Waals surface area contributed by atoms with Crippen molar-refractivity contribution in [3.05, 3.63) is 54.4 Å². The highest BCUT2D eigenvalue weighted by atomic mass is 16.5. The minimum atomic E-state index is -0.0114. The van der Waals surface area contributed by atoms with Crippen LogP contribution in [0.4, 0.5) is 5.69 Å². The number of amides is 1. The second-order valence-electron chi connectivity index (χ2n) is 5.47. The number of nitrogens with zero attached hydrogens (tertiary/aromatic N) is 2. The largest absolute Gasteiger partial charge is 0.497 e. The first-order valence-electron chi connectivity index (χ1n) is 7.64. The molecule has 1 atom stereocenters. The van der Waals surface area contributed by atoms with Gasteiger partial charge in [0.15, 0.2) is 0 Å². The van der Waals surface area contributed by atoms with Gasteiger partial charge in [0.1, 0.15) is 5.75 Å². The summed E-state index contributed by atoms with van der Waals surface area (Å²) in [5, 5.41) is 2.85. The van der Waals surface area contributed by atoms with Crippen molar-refractivity contribution in [1.82, 2.24) is 9.88 Å². The van der Waals surface area contributed by atoms with E-state index in [-0.39, 0.29) is 11.9 Å². The summed E-state index contributed by atoms with van der Waals surface area (Å²) in [4.78, 5) is 18.1. The highest BCUT2D eigenvalue weighted by molar-refractivity contribution is 5.90. The Kier molecular flexibility index (Phi) is 6.11. The number of hydrogen-bond donors (Lipinski definition) is 1. The molecule has 1 aromatic carbocycles. The van der Waals surface area contributed by atoms with Gasteiger partial charge in [0.2, 0.25) is 5.91 Å². The molecule has 0 aliphatic carbocycles. The molecule has 0 spiro atoms. The summed E-state index contributed by atoms with van der Waals surface area (Å²) in [6.45, 7) is 2.79. The third-order valence-electron chi connectivity index (χ3n) is 3.87. The van der Waals surface area contributed by atoms with Gasteiger partial charge in [-0.1, -0.05) is 12.1 Å². The van der Waals surface area contributed by atoms with Gasteiger partial charge in [0.25, 0.3) is 0 Å². The highest BCUT2D eigenvalue weighted by Crippen LogP contribution is 2.22. The van der Waals surface area contributed by atoms with E-state index in [2.05, 4.69) is 28.2 Å². The zero-order valence-corrected chi connectivity index (χ0v) is 13.8. The van der Waals surface area contributed by atoms with E-state index in [0.717, 1.165) is 11.4 Å². The zero-order chi connectivity index (χ0) is 16.7. The third kappa shape index (κ3) is 5.07. The van der Waals surface area contributed by atoms with Gasteiger partial charge in [0.05, 0.1) is 19.0 Å². The Morgan fingerprint density at radius 3 is 2.87 bits per heavy atom. The normalized spacial score (nSPS) is 12.0. The lowest BCUT2D eigenvalue weighted by atomic mass is 10.1. The molecular formula is C18H23N3O2. The lowest BCUT2D eigenvalue weighted by Gasteiger charge is -2.25. The van der Waals surface area contributed by atoms with E-state index >= 15 is 0 Å². The van der Waals surface area contributed by atoms with Crippen LogP contribution in [0.5, 0.6) is 5.75 Å². The van der Waals surface area contributed by atoms with Crippen molar-refractivity contribution in [3.63, 3.8) is 0 Å². The quantitative estimate of drug-likeness (QED) is 0.853. The van der Waals surface area contributed by atoms with Gasteiger partial charge in [-0.25, -0.2) is 0 Å². The molecule has 2 aromatic rings. The van der Waals surface area contributed by atoms with Crippen LogP contribution in [-0.4, -0.2) is 36.5 Å². The first kappa shape index (κ1) is 17.0. The van der Waals surface area contributed by atoms with Crippen LogP contribution in [0.1, 0.15) is 24.9 Å². The predicted octanol–water partition coefficient (Wildman–Crippen LogP) is 3.11. The Hall–Kier alpha value is -2.40. The number of hydrogen-bond acceptors (Lipinski definition) is 4. The van der Waals surface area contributed by atoms with Crippen LogP contribution in [0.3, 0.4) is 0 Å². The average molecular weight is 313 g/mol. The van der Waals surface area contributed by atoms with E-state index in [4.69, 9.17) is 4.74 Å². The third-order valence-corrected chi connectivity index (χ3v) is 3.87. The summed E-state index contributed by atoms with van der Waals surface area (Å²) in [5.41, 5.74) is 1.89. The van der Waals surface area contributed by atoms with E-state index < -0.39 is 0 Å². The predicted molar refractivity (Wildman–Crippen MR) is 91.5 cm³/mol. The van der Waals surface area contributed by atoms with Gasteiger partial charge < -0.3 is 10.1 Å². The van der Waals surface area contributed by atoms with Crippen molar-refractivity contribution >= 4 is 11.6 Å². The van der Waals surface area contributed by atoms with E-state index in [1.165, 1.54) is 5.56 Å². The number of carbonyl (C=O) groups excluding carboxylic acids is 1. The Labute approximate surface area is 137 Å². The standard InChI is InChI=1S/C18H23N3O2/c1-14(15-6-4-8-17(12-15)23-3)21(2)11-9-18(22)20-16-7-5-10-19-13-16/h4-8,10,12-14H,9,11H2,1-3H3,(H,20,22). The number of ether oxygens (including phenoxy) is 1. The van der Waals surface area contributed by atoms with Crippen molar-refractivity contribution in [2.24, 2.45) is 0 Å². The molecule has 0 aliphatic heterocycles. The second-order valence-corrected chi connectivity index (χ2v) is 5.47. The fourth-order valence-electron chi connectivity index (χ4n) is 2.29. The number of aromatic nitrogens is 1. The van der Waals surface area contributed by atoms with Crippen molar-refractivity contribution < 1.29 is 9.53 Å².